The van der Waals surface area contributed by atoms with Gasteiger partial charge < -0.3 is 160 Å². The molecule has 150 heavy (non-hydrogen) atoms. The Labute approximate surface area is 871 Å². The number of hydrogen-bond acceptors (Lipinski definition) is 29. The molecule has 0 bridgehead atoms. The largest absolute Gasteiger partial charge is 0.481 e. The molecule has 4 rings (SSSR count). The molecular formula is C93H152N30O26S. The number of thioether (sulfide) groups is 1. The second-order valence-electron chi connectivity index (χ2n) is 38.0. The number of primary amides is 2. The van der Waals surface area contributed by atoms with Crippen molar-refractivity contribution >= 4 is 171 Å². The maximum atomic E-state index is 15.1. The molecule has 2 fully saturated rings. The van der Waals surface area contributed by atoms with Crippen molar-refractivity contribution in [1.82, 2.24) is 127 Å². The molecule has 2 aliphatic rings. The molecule has 0 saturated carbocycles. The van der Waals surface area contributed by atoms with E-state index in [-0.39, 0.29) is 95.5 Å². The normalized spacial score (nSPS) is 26.0. The molecule has 0 aliphatic carbocycles. The number of aromatic amines is 1. The monoisotopic (exact) mass is 2140 g/mol. The molecule has 2 saturated heterocycles. The fraction of sp³-hybridized carbons (Fsp3) is 0.645. The lowest BCUT2D eigenvalue weighted by Gasteiger charge is -2.30. The minimum atomic E-state index is -1.88. The number of carbonyl (C=O) groups excluding carboxylic acids is 22. The van der Waals surface area contributed by atoms with E-state index in [9.17, 15) is 116 Å². The highest BCUT2D eigenvalue weighted by atomic mass is 32.2. The van der Waals surface area contributed by atoms with E-state index in [0.717, 1.165) is 30.5 Å². The van der Waals surface area contributed by atoms with Crippen LogP contribution < -0.4 is 140 Å². The van der Waals surface area contributed by atoms with Gasteiger partial charge in [0.1, 0.15) is 121 Å². The van der Waals surface area contributed by atoms with Crippen molar-refractivity contribution in [2.45, 2.75) is 321 Å². The van der Waals surface area contributed by atoms with Gasteiger partial charge in [0.2, 0.25) is 130 Å². The highest BCUT2D eigenvalue weighted by Gasteiger charge is 2.43. The first kappa shape index (κ1) is 128. The quantitative estimate of drug-likeness (QED) is 0.0204. The maximum Gasteiger partial charge on any atom is 0.303 e. The topological polar surface area (TPSA) is 889 Å². The van der Waals surface area contributed by atoms with E-state index in [1.807, 2.05) is 0 Å². The van der Waals surface area contributed by atoms with Crippen molar-refractivity contribution in [2.75, 3.05) is 44.2 Å². The fourth-order valence-corrected chi connectivity index (χ4v) is 16.3. The van der Waals surface area contributed by atoms with Crippen LogP contribution in [0.2, 0.25) is 0 Å². The molecule has 0 radical (unpaired) electrons. The van der Waals surface area contributed by atoms with Gasteiger partial charge in [-0.3, -0.25) is 126 Å². The standard InChI is InChI=1S/C93H152N30O26S/c1-16-44(6)71-90(148)115-59(28-30-70(129)130)80(138)104-39-69(128)123-33-21-26-66(123)89(147)122-72(52(14)124)91(149)118-62(35-43(4)5)85(143)113-58(25-20-32-101-93(98)99)82(140)114-60(27-29-67(94)126)83(141)117-63(36-54-37-102-56-23-18-17-22-55(54)56)86(144)116-61(34-42(2)3)84(142)110-48(10)75(133)107-49(11)77(135)112-57(24-19-31-100-92(96)97)81(139)109-47(9)74(132)108-50(12)78(136)120-65(88(146)106-45(7)73(95)131)40-150-41-68(127)103-38-64(87(145)111-51(13)79(137)121-71)119-76(134)46(8)105-53(15)125/h17-18,22-23,37,42-52,57-66,68,71-72,102-103,124,127H,16,19-21,24-36,38-41H2,1-15H3,(H2,94,126)(H2,95,131)(H,104,138)(H,105,125)(H,106,146)(H,107,133)(H,108,132)(H,109,139)(H,110,142)(H,111,145)(H,112,135)(H,113,143)(H,114,140)(H,115,148)(H,116,144)(H,117,141)(H,118,149)(H,119,134)(H,120,136)(H,121,137)(H,122,147)(H,129,130)(H4,96,97,100)(H4,98,99,101)/t44-,45+,46+,47+,48-,49-,50+,51+,52-,57+,58+,59-,60+,61-,62+,63+,64+,65+,66+,68?,71+,72-/m1/s1. The molecule has 836 valence electrons. The van der Waals surface area contributed by atoms with E-state index in [2.05, 4.69) is 122 Å². The van der Waals surface area contributed by atoms with Crippen LogP contribution in [0.25, 0.3) is 10.9 Å². The molecule has 2 aromatic rings. The van der Waals surface area contributed by atoms with Crippen molar-refractivity contribution in [3.05, 3.63) is 36.0 Å². The van der Waals surface area contributed by atoms with Crippen molar-refractivity contribution in [3.63, 3.8) is 0 Å². The lowest BCUT2D eigenvalue weighted by molar-refractivity contribution is -0.141. The zero-order valence-electron chi connectivity index (χ0n) is 87.0. The fourth-order valence-electron chi connectivity index (χ4n) is 15.4. The van der Waals surface area contributed by atoms with Crippen LogP contribution >= 0.6 is 11.8 Å². The van der Waals surface area contributed by atoms with E-state index < -0.39 is 331 Å². The number of fused-ring (bicyclic) bond motifs is 2. The number of hydrogen-bond donors (Lipinski definition) is 32. The average Bonchev–Trinajstić information content (AvgIpc) is 1.65. The molecule has 22 atom stereocenters. The molecule has 0 spiro atoms. The Hall–Kier alpha value is -14.7. The van der Waals surface area contributed by atoms with Crippen molar-refractivity contribution in [3.8, 4) is 0 Å². The summed E-state index contributed by atoms with van der Waals surface area (Å²) in [6.45, 7) is 18.9. The summed E-state index contributed by atoms with van der Waals surface area (Å²) >= 11 is 0.795. The number of guanidine groups is 2. The number of carboxylic acids is 1. The summed E-state index contributed by atoms with van der Waals surface area (Å²) in [5.74, 6) is -26.9. The molecular weight excluding hydrogens is 1990 g/mol. The number of nitrogens with one attached hydrogen (secondary N) is 25. The predicted octanol–water partition coefficient (Wildman–Crippen LogP) is -9.98. The van der Waals surface area contributed by atoms with E-state index in [4.69, 9.17) is 33.8 Å². The molecule has 2 aliphatic heterocycles. The third-order valence-corrected chi connectivity index (χ3v) is 25.2. The van der Waals surface area contributed by atoms with Gasteiger partial charge in [-0.1, -0.05) is 66.2 Å². The Morgan fingerprint density at radius 3 is 1.45 bits per heavy atom. The maximum absolute atomic E-state index is 15.1. The van der Waals surface area contributed by atoms with Gasteiger partial charge in [-0.05, 0) is 149 Å². The van der Waals surface area contributed by atoms with Crippen LogP contribution in [-0.2, 0) is 117 Å². The number of para-hydroxylation sites is 1. The van der Waals surface area contributed by atoms with Crippen molar-refractivity contribution in [2.24, 2.45) is 40.7 Å². The number of benzene rings is 1. The number of aliphatic hydroxyl groups excluding tert-OH is 2. The smallest absolute Gasteiger partial charge is 0.303 e. The summed E-state index contributed by atoms with van der Waals surface area (Å²) in [6, 6.07) is -23.0. The minimum Gasteiger partial charge on any atom is -0.481 e. The number of nitrogens with zero attached hydrogens (tertiary/aromatic N) is 1. The van der Waals surface area contributed by atoms with Crippen molar-refractivity contribution in [1.29, 1.82) is 10.8 Å². The molecule has 56 nitrogen and oxygen atoms in total. The van der Waals surface area contributed by atoms with Gasteiger partial charge in [-0.15, -0.1) is 0 Å². The highest BCUT2D eigenvalue weighted by Crippen LogP contribution is 2.23. The van der Waals surface area contributed by atoms with Gasteiger partial charge in [0.15, 0.2) is 11.9 Å². The molecule has 1 aromatic carbocycles. The van der Waals surface area contributed by atoms with Crippen molar-refractivity contribution < 1.29 is 126 Å². The molecule has 22 amide bonds. The summed E-state index contributed by atoms with van der Waals surface area (Å²) in [5, 5.41) is 103. The zero-order chi connectivity index (χ0) is 113. The Morgan fingerprint density at radius 1 is 0.500 bits per heavy atom. The molecule has 1 aromatic heterocycles. The first-order valence-electron chi connectivity index (χ1n) is 49.5. The van der Waals surface area contributed by atoms with Crippen LogP contribution in [-0.4, -0.2) is 344 Å². The second-order valence-corrected chi connectivity index (χ2v) is 39.1. The van der Waals surface area contributed by atoms with Crippen LogP contribution in [0.15, 0.2) is 30.5 Å². The highest BCUT2D eigenvalue weighted by molar-refractivity contribution is 7.99. The number of H-pyrrole nitrogens is 1. The molecule has 1 unspecified atom stereocenters. The lowest BCUT2D eigenvalue weighted by Crippen LogP contribution is -2.61. The minimum absolute atomic E-state index is 0.0165. The SMILES string of the molecule is CC[C@@H](C)[C@@H]1NC(=O)[C@H](C)NC(=O)[C@@H](NC(=O)[C@H](C)NC(C)=O)CNC(O)CSC[C@@H](C(=O)N[C@@H](C)C(N)=O)NC(=O)[C@H](C)NC(=O)[C@H](C)NC(=O)[C@H](CCCNC(=N)N)NC(=O)[C@@H](C)NC(=O)[C@@H](C)NC(=O)[C@@H](CC(C)C)NC(=O)[C@H](Cc2c[nH]c3ccccc23)NC(=O)[C@H](CCC(N)=O)NC(=O)[C@H](CCCNC(=N)N)NC(=O)[C@H](CC(C)C)NC(=O)[C@@H]([C@@H](C)O)NC(=O)[C@@H]2CCCN2C(=O)CNC(=O)[C@@H](CCC(=O)O)NC1=O. The third kappa shape index (κ3) is 44.4. The summed E-state index contributed by atoms with van der Waals surface area (Å²) in [4.78, 5) is 325. The van der Waals surface area contributed by atoms with Crippen LogP contribution in [0.5, 0.6) is 0 Å². The molecule has 3 heterocycles. The van der Waals surface area contributed by atoms with Crippen LogP contribution in [0.4, 0.5) is 0 Å². The number of rotatable bonds is 29. The predicted molar refractivity (Wildman–Crippen MR) is 544 cm³/mol. The summed E-state index contributed by atoms with van der Waals surface area (Å²) in [7, 11) is 0. The first-order chi connectivity index (χ1) is 70.3. The number of carbonyl (C=O) groups is 23. The third-order valence-electron chi connectivity index (χ3n) is 24.1. The van der Waals surface area contributed by atoms with Gasteiger partial charge in [-0.25, -0.2) is 0 Å². The van der Waals surface area contributed by atoms with Crippen LogP contribution in [0, 0.1) is 28.6 Å². The number of carboxylic acid groups (broad SMARTS) is 1. The Morgan fingerprint density at radius 2 is 0.933 bits per heavy atom. The van der Waals surface area contributed by atoms with Gasteiger partial charge >= 0.3 is 5.97 Å². The average molecular weight is 2140 g/mol. The number of aliphatic hydroxyl groups is 2. The molecule has 57 heteroatoms. The summed E-state index contributed by atoms with van der Waals surface area (Å²) < 4.78 is 0. The Kier molecular flexibility index (Phi) is 53.8. The number of aliphatic carboxylic acids is 1. The van der Waals surface area contributed by atoms with E-state index in [1.165, 1.54) is 55.4 Å². The van der Waals surface area contributed by atoms with E-state index in [1.54, 1.807) is 65.1 Å². The molecule has 36 N–H and O–H groups in total. The summed E-state index contributed by atoms with van der Waals surface area (Å²) in [5.41, 5.74) is 23.2. The number of amides is 22. The van der Waals surface area contributed by atoms with Gasteiger partial charge in [-0.2, -0.15) is 11.8 Å². The lowest BCUT2D eigenvalue weighted by atomic mass is 9.97. The van der Waals surface area contributed by atoms with Gasteiger partial charge in [0.25, 0.3) is 0 Å². The summed E-state index contributed by atoms with van der Waals surface area (Å²) in [6.07, 6.45) is -5.18. The van der Waals surface area contributed by atoms with Gasteiger partial charge in [0.05, 0.1) is 12.6 Å². The van der Waals surface area contributed by atoms with Crippen LogP contribution in [0.3, 0.4) is 0 Å². The number of aromatic nitrogens is 1. The van der Waals surface area contributed by atoms with E-state index in [0.29, 0.717) is 16.5 Å². The Balaban J connectivity index is 1.85. The van der Waals surface area contributed by atoms with E-state index >= 15 is 9.59 Å². The number of nitrogens with two attached hydrogens (primary N) is 4. The zero-order valence-corrected chi connectivity index (χ0v) is 87.8. The van der Waals surface area contributed by atoms with Gasteiger partial charge in [0, 0.05) is 81.0 Å². The Bertz CT molecular complexity index is 5100. The van der Waals surface area contributed by atoms with Crippen LogP contribution in [0.1, 0.15) is 193 Å². The first-order valence-corrected chi connectivity index (χ1v) is 50.7. The second kappa shape index (κ2) is 63.2.